The van der Waals surface area contributed by atoms with E-state index in [-0.39, 0.29) is 5.41 Å². The monoisotopic (exact) mass is 472 g/mol. The normalized spacial score (nSPS) is 12.2. The lowest BCUT2D eigenvalue weighted by Crippen LogP contribution is -2.29. The maximum absolute atomic E-state index is 12.2. The number of carbonyl (C=O) groups is 1. The molecule has 0 radical (unpaired) electrons. The Bertz CT molecular complexity index is 880. The largest absolute Gasteiger partial charge is 0.491 e. The highest BCUT2D eigenvalue weighted by Crippen LogP contribution is 2.43. The van der Waals surface area contributed by atoms with Crippen LogP contribution < -0.4 is 0 Å². The minimum absolute atomic E-state index is 0.284. The zero-order valence-corrected chi connectivity index (χ0v) is 19.4. The van der Waals surface area contributed by atoms with Gasteiger partial charge in [-0.15, -0.1) is 0 Å². The van der Waals surface area contributed by atoms with E-state index in [9.17, 15) is 18.0 Å². The van der Waals surface area contributed by atoms with Crippen LogP contribution in [-0.4, -0.2) is 18.3 Å². The Balaban J connectivity index is 1.67. The first-order valence-electron chi connectivity index (χ1n) is 11.1. The standard InChI is InChI=1S/C27H28F3O2P/c28-27(29,30)25(31)32-33-21-13-2-1-12-20-26(22-14-6-3-7-15-22,23-16-8-4-9-17-23)24-18-10-5-11-19-24/h3-11,14-19,33H,1-2,12-13,20-21H2. The number of carbonyl (C=O) groups excluding carboxylic acids is 1. The number of benzene rings is 3. The Hall–Kier alpha value is -2.65. The van der Waals surface area contributed by atoms with Crippen molar-refractivity contribution in [1.29, 1.82) is 0 Å². The molecule has 33 heavy (non-hydrogen) atoms. The molecule has 0 aromatic heterocycles. The van der Waals surface area contributed by atoms with Gasteiger partial charge in [0.2, 0.25) is 0 Å². The topological polar surface area (TPSA) is 26.3 Å². The van der Waals surface area contributed by atoms with Gasteiger partial charge in [0.1, 0.15) is 0 Å². The summed E-state index contributed by atoms with van der Waals surface area (Å²) in [6.45, 7) is 0. The van der Waals surface area contributed by atoms with Crippen LogP contribution in [0.1, 0.15) is 48.8 Å². The molecule has 1 atom stereocenters. The van der Waals surface area contributed by atoms with Gasteiger partial charge in [-0.25, -0.2) is 4.79 Å². The van der Waals surface area contributed by atoms with Gasteiger partial charge in [0.15, 0.2) is 0 Å². The highest BCUT2D eigenvalue weighted by atomic mass is 31.1. The summed E-state index contributed by atoms with van der Waals surface area (Å²) < 4.78 is 40.9. The van der Waals surface area contributed by atoms with Crippen LogP contribution in [0.2, 0.25) is 0 Å². The molecule has 0 bridgehead atoms. The van der Waals surface area contributed by atoms with Gasteiger partial charge in [-0.05, 0) is 29.5 Å². The van der Waals surface area contributed by atoms with Gasteiger partial charge in [0.05, 0.1) is 8.81 Å². The lowest BCUT2D eigenvalue weighted by Gasteiger charge is -2.36. The van der Waals surface area contributed by atoms with E-state index in [1.165, 1.54) is 16.7 Å². The zero-order chi connectivity index (χ0) is 23.6. The average molecular weight is 472 g/mol. The minimum Gasteiger partial charge on any atom is -0.442 e. The fraction of sp³-hybridized carbons (Fsp3) is 0.296. The fourth-order valence-corrected chi connectivity index (χ4v) is 4.96. The molecule has 3 aromatic carbocycles. The summed E-state index contributed by atoms with van der Waals surface area (Å²) in [4.78, 5) is 10.8. The Kier molecular flexibility index (Phi) is 9.08. The van der Waals surface area contributed by atoms with Crippen molar-refractivity contribution >= 4 is 14.8 Å². The number of unbranched alkanes of at least 4 members (excludes halogenated alkanes) is 3. The van der Waals surface area contributed by atoms with Gasteiger partial charge >= 0.3 is 12.1 Å². The SMILES string of the molecule is O=C(OPCCCCCCC(c1ccccc1)(c1ccccc1)c1ccccc1)C(F)(F)F. The molecule has 0 saturated heterocycles. The van der Waals surface area contributed by atoms with Crippen molar-refractivity contribution < 1.29 is 22.5 Å². The Morgan fingerprint density at radius 3 is 1.52 bits per heavy atom. The van der Waals surface area contributed by atoms with Crippen molar-refractivity contribution in [2.24, 2.45) is 0 Å². The Labute approximate surface area is 195 Å². The number of halogens is 3. The summed E-state index contributed by atoms with van der Waals surface area (Å²) in [6.07, 6.45) is -0.0122. The summed E-state index contributed by atoms with van der Waals surface area (Å²) >= 11 is 0. The molecule has 3 rings (SSSR count). The molecule has 6 heteroatoms. The second kappa shape index (κ2) is 12.0. The van der Waals surface area contributed by atoms with Crippen molar-refractivity contribution in [2.45, 2.75) is 43.7 Å². The van der Waals surface area contributed by atoms with E-state index in [1.807, 2.05) is 18.2 Å². The predicted octanol–water partition coefficient (Wildman–Crippen LogP) is 7.67. The third-order valence-corrected chi connectivity index (χ3v) is 6.66. The molecule has 0 saturated carbocycles. The lowest BCUT2D eigenvalue weighted by atomic mass is 9.66. The third-order valence-electron chi connectivity index (χ3n) is 5.78. The zero-order valence-electron chi connectivity index (χ0n) is 18.4. The van der Waals surface area contributed by atoms with Gasteiger partial charge < -0.3 is 4.52 Å². The third kappa shape index (κ3) is 6.68. The van der Waals surface area contributed by atoms with Crippen molar-refractivity contribution in [1.82, 2.24) is 0 Å². The molecule has 0 fully saturated rings. The van der Waals surface area contributed by atoms with Crippen molar-refractivity contribution in [2.75, 3.05) is 6.16 Å². The van der Waals surface area contributed by atoms with E-state index in [1.54, 1.807) is 0 Å². The summed E-state index contributed by atoms with van der Waals surface area (Å²) in [5, 5.41) is 0. The number of hydrogen-bond donors (Lipinski definition) is 0. The lowest BCUT2D eigenvalue weighted by molar-refractivity contribution is -0.188. The molecule has 0 heterocycles. The van der Waals surface area contributed by atoms with E-state index < -0.39 is 21.0 Å². The maximum atomic E-state index is 12.2. The number of hydrogen-bond acceptors (Lipinski definition) is 2. The number of alkyl halides is 3. The molecule has 3 aromatic rings. The molecule has 2 nitrogen and oxygen atoms in total. The Morgan fingerprint density at radius 2 is 1.09 bits per heavy atom. The van der Waals surface area contributed by atoms with Gasteiger partial charge in [0, 0.05) is 11.6 Å². The molecular weight excluding hydrogens is 444 g/mol. The smallest absolute Gasteiger partial charge is 0.442 e. The van der Waals surface area contributed by atoms with Gasteiger partial charge in [-0.3, -0.25) is 0 Å². The molecule has 0 aliphatic heterocycles. The highest BCUT2D eigenvalue weighted by Gasteiger charge is 2.40. The fourth-order valence-electron chi connectivity index (χ4n) is 4.22. The van der Waals surface area contributed by atoms with Crippen LogP contribution in [0, 0.1) is 0 Å². The van der Waals surface area contributed by atoms with Crippen LogP contribution in [-0.2, 0) is 14.7 Å². The maximum Gasteiger partial charge on any atom is 0.491 e. The first kappa shape index (κ1) is 25.0. The van der Waals surface area contributed by atoms with Crippen LogP contribution >= 0.6 is 8.81 Å². The van der Waals surface area contributed by atoms with E-state index in [0.29, 0.717) is 6.16 Å². The van der Waals surface area contributed by atoms with Crippen LogP contribution in [0.15, 0.2) is 91.0 Å². The van der Waals surface area contributed by atoms with Crippen LogP contribution in [0.5, 0.6) is 0 Å². The van der Waals surface area contributed by atoms with Crippen molar-refractivity contribution in [3.63, 3.8) is 0 Å². The molecular formula is C27H28F3O2P. The Morgan fingerprint density at radius 1 is 0.667 bits per heavy atom. The molecule has 0 aliphatic rings. The second-order valence-electron chi connectivity index (χ2n) is 7.95. The average Bonchev–Trinajstić information content (AvgIpc) is 2.84. The van der Waals surface area contributed by atoms with Crippen LogP contribution in [0.4, 0.5) is 13.2 Å². The number of rotatable bonds is 11. The van der Waals surface area contributed by atoms with Gasteiger partial charge in [-0.1, -0.05) is 110 Å². The molecule has 0 aliphatic carbocycles. The van der Waals surface area contributed by atoms with Crippen molar-refractivity contribution in [3.8, 4) is 0 Å². The van der Waals surface area contributed by atoms with E-state index in [4.69, 9.17) is 0 Å². The van der Waals surface area contributed by atoms with Gasteiger partial charge in [0.25, 0.3) is 0 Å². The molecule has 0 amide bonds. The first-order valence-corrected chi connectivity index (χ1v) is 12.2. The van der Waals surface area contributed by atoms with Crippen molar-refractivity contribution in [3.05, 3.63) is 108 Å². The summed E-state index contributed by atoms with van der Waals surface area (Å²) in [5.41, 5.74) is 3.43. The van der Waals surface area contributed by atoms with Crippen LogP contribution in [0.3, 0.4) is 0 Å². The first-order chi connectivity index (χ1) is 15.9. The van der Waals surface area contributed by atoms with E-state index in [2.05, 4.69) is 77.3 Å². The summed E-state index contributed by atoms with van der Waals surface area (Å²) in [5.74, 6) is -2.10. The van der Waals surface area contributed by atoms with Gasteiger partial charge in [-0.2, -0.15) is 13.2 Å². The molecule has 1 unspecified atom stereocenters. The minimum atomic E-state index is -4.91. The molecule has 174 valence electrons. The summed E-state index contributed by atoms with van der Waals surface area (Å²) in [6, 6.07) is 31.5. The quantitative estimate of drug-likeness (QED) is 0.163. The highest BCUT2D eigenvalue weighted by molar-refractivity contribution is 7.32. The molecule has 0 N–H and O–H groups in total. The summed E-state index contributed by atoms with van der Waals surface area (Å²) in [7, 11) is -0.450. The van der Waals surface area contributed by atoms with E-state index >= 15 is 0 Å². The van der Waals surface area contributed by atoms with Crippen LogP contribution in [0.25, 0.3) is 0 Å². The van der Waals surface area contributed by atoms with E-state index in [0.717, 1.165) is 32.1 Å². The predicted molar refractivity (Wildman–Crippen MR) is 128 cm³/mol. The molecule has 0 spiro atoms. The second-order valence-corrected chi connectivity index (χ2v) is 8.94.